The lowest BCUT2D eigenvalue weighted by molar-refractivity contribution is -0.0436. The minimum absolute atomic E-state index is 0.159. The van der Waals surface area contributed by atoms with Gasteiger partial charge in [-0.1, -0.05) is 64.3 Å². The number of hydrogen-bond acceptors (Lipinski definition) is 2. The van der Waals surface area contributed by atoms with Crippen LogP contribution in [0.5, 0.6) is 0 Å². The van der Waals surface area contributed by atoms with Crippen LogP contribution in [0.25, 0.3) is 0 Å². The predicted octanol–water partition coefficient (Wildman–Crippen LogP) is 6.55. The van der Waals surface area contributed by atoms with Gasteiger partial charge in [-0.05, 0) is 50.0 Å². The lowest BCUT2D eigenvalue weighted by Gasteiger charge is -2.30. The van der Waals surface area contributed by atoms with Crippen LogP contribution >= 0.6 is 0 Å². The second kappa shape index (κ2) is 12.7. The van der Waals surface area contributed by atoms with Gasteiger partial charge in [0, 0.05) is 7.11 Å². The van der Waals surface area contributed by atoms with E-state index in [0.29, 0.717) is 0 Å². The minimum atomic E-state index is -2.01. The maximum absolute atomic E-state index is 6.29. The zero-order chi connectivity index (χ0) is 17.7. The molecule has 0 spiro atoms. The summed E-state index contributed by atoms with van der Waals surface area (Å²) in [5.74, 6) is 0. The van der Waals surface area contributed by atoms with Gasteiger partial charge in [0.05, 0.1) is 0 Å². The zero-order valence-electron chi connectivity index (χ0n) is 16.4. The fraction of sp³-hybridized carbons (Fsp3) is 0.700. The van der Waals surface area contributed by atoms with E-state index in [-0.39, 0.29) is 6.29 Å². The molecule has 0 saturated carbocycles. The number of methoxy groups -OCH3 is 1. The summed E-state index contributed by atoms with van der Waals surface area (Å²) in [7, 11) is -0.303. The molecule has 0 radical (unpaired) electrons. The first-order valence-corrected chi connectivity index (χ1v) is 12.1. The number of allylic oxidation sites excluding steroid dienone is 6. The highest BCUT2D eigenvalue weighted by atomic mass is 28.4. The average Bonchev–Trinajstić information content (AvgIpc) is 2.51. The summed E-state index contributed by atoms with van der Waals surface area (Å²) in [5.41, 5.74) is 1.36. The van der Waals surface area contributed by atoms with E-state index in [4.69, 9.17) is 9.16 Å². The largest absolute Gasteiger partial charge is 0.388 e. The Hall–Kier alpha value is -0.643. The maximum atomic E-state index is 6.29. The molecule has 23 heavy (non-hydrogen) atoms. The van der Waals surface area contributed by atoms with Crippen molar-refractivity contribution in [2.75, 3.05) is 7.11 Å². The molecule has 0 bridgehead atoms. The van der Waals surface area contributed by atoms with E-state index in [2.05, 4.69) is 58.2 Å². The third-order valence-electron chi connectivity index (χ3n) is 3.79. The van der Waals surface area contributed by atoms with Crippen LogP contribution < -0.4 is 0 Å². The Morgan fingerprint density at radius 1 is 0.957 bits per heavy atom. The van der Waals surface area contributed by atoms with Gasteiger partial charge in [0.15, 0.2) is 0 Å². The van der Waals surface area contributed by atoms with Crippen molar-refractivity contribution in [3.63, 3.8) is 0 Å². The normalized spacial score (nSPS) is 15.4. The van der Waals surface area contributed by atoms with Crippen LogP contribution in [0, 0.1) is 0 Å². The molecular formula is C20H38O2Si. The van der Waals surface area contributed by atoms with Gasteiger partial charge in [0.2, 0.25) is 8.32 Å². The van der Waals surface area contributed by atoms with Gasteiger partial charge >= 0.3 is 0 Å². The van der Waals surface area contributed by atoms with Crippen LogP contribution in [0.1, 0.15) is 66.2 Å². The molecule has 0 rings (SSSR count). The van der Waals surface area contributed by atoms with E-state index in [1.54, 1.807) is 7.11 Å². The highest BCUT2D eigenvalue weighted by Gasteiger charge is 2.31. The molecule has 1 atom stereocenters. The summed E-state index contributed by atoms with van der Waals surface area (Å²) in [6.07, 6.45) is 16.1. The Labute approximate surface area is 145 Å². The van der Waals surface area contributed by atoms with E-state index in [0.717, 1.165) is 25.7 Å². The molecule has 0 aromatic heterocycles. The second-order valence-electron chi connectivity index (χ2n) is 6.48. The molecule has 0 N–H and O–H groups in total. The van der Waals surface area contributed by atoms with E-state index in [9.17, 15) is 0 Å². The molecule has 0 amide bonds. The van der Waals surface area contributed by atoms with Crippen LogP contribution in [-0.4, -0.2) is 21.7 Å². The van der Waals surface area contributed by atoms with Crippen LogP contribution in [0.3, 0.4) is 0 Å². The van der Waals surface area contributed by atoms with Crippen LogP contribution in [0.2, 0.25) is 13.1 Å². The van der Waals surface area contributed by atoms with Gasteiger partial charge in [0.25, 0.3) is 0 Å². The first-order valence-electron chi connectivity index (χ1n) is 9.21. The van der Waals surface area contributed by atoms with Crippen LogP contribution in [-0.2, 0) is 9.16 Å². The molecule has 0 fully saturated rings. The van der Waals surface area contributed by atoms with Gasteiger partial charge in [-0.25, -0.2) is 0 Å². The fourth-order valence-corrected chi connectivity index (χ4v) is 5.04. The molecule has 0 aliphatic rings. The lowest BCUT2D eigenvalue weighted by atomic mass is 10.1. The second-order valence-corrected chi connectivity index (χ2v) is 10.3. The first kappa shape index (κ1) is 22.4. The summed E-state index contributed by atoms with van der Waals surface area (Å²) in [6.45, 7) is 13.2. The number of ether oxygens (including phenoxy) is 1. The fourth-order valence-electron chi connectivity index (χ4n) is 2.47. The lowest BCUT2D eigenvalue weighted by Crippen LogP contribution is -2.38. The SMILES string of the molecule is CCCC=CC(=CCCC)C(=CCCC)[Si](C)(C)OC(C)OC. The maximum Gasteiger partial charge on any atom is 0.221 e. The summed E-state index contributed by atoms with van der Waals surface area (Å²) in [5, 5.41) is 1.41. The third kappa shape index (κ3) is 9.29. The Morgan fingerprint density at radius 3 is 2.04 bits per heavy atom. The van der Waals surface area contributed by atoms with Gasteiger partial charge in [-0.15, -0.1) is 0 Å². The molecule has 0 aliphatic heterocycles. The van der Waals surface area contributed by atoms with E-state index in [1.165, 1.54) is 23.6 Å². The standard InChI is InChI=1S/C20H38O2Si/c1-8-11-14-16-19(15-12-9-2)20(17-13-10-3)23(6,7)22-18(4)21-5/h14-18H,8-13H2,1-7H3. The van der Waals surface area contributed by atoms with E-state index >= 15 is 0 Å². The molecule has 0 saturated heterocycles. The molecule has 0 aromatic rings. The Bertz CT molecular complexity index is 394. The van der Waals surface area contributed by atoms with Gasteiger partial charge in [-0.2, -0.15) is 0 Å². The van der Waals surface area contributed by atoms with Gasteiger partial charge in [0.1, 0.15) is 6.29 Å². The van der Waals surface area contributed by atoms with Crippen molar-refractivity contribution >= 4 is 8.32 Å². The Balaban J connectivity index is 5.59. The number of hydrogen-bond donors (Lipinski definition) is 0. The smallest absolute Gasteiger partial charge is 0.221 e. The minimum Gasteiger partial charge on any atom is -0.388 e. The van der Waals surface area contributed by atoms with Gasteiger partial charge in [-0.3, -0.25) is 0 Å². The van der Waals surface area contributed by atoms with Crippen molar-refractivity contribution in [2.45, 2.75) is 85.6 Å². The topological polar surface area (TPSA) is 18.5 Å². The summed E-state index contributed by atoms with van der Waals surface area (Å²) in [4.78, 5) is 0. The molecule has 0 aromatic carbocycles. The molecule has 2 nitrogen and oxygen atoms in total. The predicted molar refractivity (Wildman–Crippen MR) is 105 cm³/mol. The van der Waals surface area contributed by atoms with Crippen molar-refractivity contribution in [3.05, 3.63) is 35.1 Å². The summed E-state index contributed by atoms with van der Waals surface area (Å²) >= 11 is 0. The quantitative estimate of drug-likeness (QED) is 0.228. The van der Waals surface area contributed by atoms with Crippen molar-refractivity contribution in [2.24, 2.45) is 0 Å². The Kier molecular flexibility index (Phi) is 12.4. The van der Waals surface area contributed by atoms with E-state index < -0.39 is 8.32 Å². The molecule has 134 valence electrons. The molecule has 0 aliphatic carbocycles. The monoisotopic (exact) mass is 338 g/mol. The molecular weight excluding hydrogens is 300 g/mol. The molecule has 1 unspecified atom stereocenters. The van der Waals surface area contributed by atoms with E-state index in [1.807, 2.05) is 6.92 Å². The van der Waals surface area contributed by atoms with Crippen LogP contribution in [0.4, 0.5) is 0 Å². The average molecular weight is 339 g/mol. The third-order valence-corrected chi connectivity index (χ3v) is 6.51. The van der Waals surface area contributed by atoms with Crippen molar-refractivity contribution < 1.29 is 9.16 Å². The molecule has 3 heteroatoms. The highest BCUT2D eigenvalue weighted by Crippen LogP contribution is 2.28. The highest BCUT2D eigenvalue weighted by molar-refractivity contribution is 6.79. The summed E-state index contributed by atoms with van der Waals surface area (Å²) < 4.78 is 11.6. The number of unbranched alkanes of at least 4 members (excludes halogenated alkanes) is 3. The summed E-state index contributed by atoms with van der Waals surface area (Å²) in [6, 6.07) is 0. The van der Waals surface area contributed by atoms with Crippen LogP contribution in [0.15, 0.2) is 35.1 Å². The zero-order valence-corrected chi connectivity index (χ0v) is 17.4. The first-order chi connectivity index (χ1) is 10.9. The molecule has 0 heterocycles. The van der Waals surface area contributed by atoms with Crippen molar-refractivity contribution in [3.8, 4) is 0 Å². The van der Waals surface area contributed by atoms with Gasteiger partial charge < -0.3 is 9.16 Å². The number of rotatable bonds is 12. The van der Waals surface area contributed by atoms with Crippen molar-refractivity contribution in [1.82, 2.24) is 0 Å². The Morgan fingerprint density at radius 2 is 1.52 bits per heavy atom. The van der Waals surface area contributed by atoms with Crippen molar-refractivity contribution in [1.29, 1.82) is 0 Å².